The second-order valence-corrected chi connectivity index (χ2v) is 5.86. The molecule has 2 aromatic rings. The maximum atomic E-state index is 13.5. The van der Waals surface area contributed by atoms with Gasteiger partial charge in [-0.25, -0.2) is 0 Å². The van der Waals surface area contributed by atoms with Crippen LogP contribution in [0.4, 0.5) is 13.2 Å². The highest BCUT2D eigenvalue weighted by molar-refractivity contribution is 6.06. The zero-order chi connectivity index (χ0) is 19.1. The Morgan fingerprint density at radius 1 is 1.23 bits per heavy atom. The summed E-state index contributed by atoms with van der Waals surface area (Å²) in [6.07, 6.45) is -3.36. The minimum atomic E-state index is -5.15. The van der Waals surface area contributed by atoms with Gasteiger partial charge in [-0.15, -0.1) is 0 Å². The van der Waals surface area contributed by atoms with E-state index >= 15 is 0 Å². The van der Waals surface area contributed by atoms with Crippen LogP contribution < -0.4 is 0 Å². The maximum absolute atomic E-state index is 13.5. The second kappa shape index (κ2) is 6.10. The van der Waals surface area contributed by atoms with Crippen LogP contribution in [0.3, 0.4) is 0 Å². The van der Waals surface area contributed by atoms with Gasteiger partial charge in [0.15, 0.2) is 0 Å². The molecule has 0 aliphatic carbocycles. The number of aryl methyl sites for hydroxylation is 1. The summed E-state index contributed by atoms with van der Waals surface area (Å²) in [6.45, 7) is 1.50. The number of alkyl halides is 3. The van der Waals surface area contributed by atoms with Crippen LogP contribution in [-0.2, 0) is 0 Å². The molecule has 26 heavy (non-hydrogen) atoms. The van der Waals surface area contributed by atoms with Gasteiger partial charge in [-0.05, 0) is 30.7 Å². The van der Waals surface area contributed by atoms with Crippen molar-refractivity contribution in [3.8, 4) is 5.75 Å². The van der Waals surface area contributed by atoms with Crippen molar-refractivity contribution in [2.24, 2.45) is 5.10 Å². The minimum Gasteiger partial charge on any atom is -0.507 e. The molecule has 1 aromatic carbocycles. The molecule has 1 aliphatic heterocycles. The highest BCUT2D eigenvalue weighted by Crippen LogP contribution is 2.42. The quantitative estimate of drug-likeness (QED) is 0.857. The highest BCUT2D eigenvalue weighted by atomic mass is 19.4. The molecule has 6 nitrogen and oxygen atoms in total. The van der Waals surface area contributed by atoms with Crippen LogP contribution in [0.5, 0.6) is 5.75 Å². The van der Waals surface area contributed by atoms with Crippen molar-refractivity contribution in [1.29, 1.82) is 0 Å². The fraction of sp³-hybridized carbons (Fsp3) is 0.235. The van der Waals surface area contributed by atoms with Crippen molar-refractivity contribution in [3.63, 3.8) is 0 Å². The summed E-state index contributed by atoms with van der Waals surface area (Å²) in [7, 11) is 0. The molecule has 1 aliphatic rings. The molecule has 0 radical (unpaired) electrons. The summed E-state index contributed by atoms with van der Waals surface area (Å²) in [6, 6.07) is 6.93. The number of benzene rings is 1. The smallest absolute Gasteiger partial charge is 0.438 e. The number of pyridine rings is 1. The van der Waals surface area contributed by atoms with Crippen molar-refractivity contribution in [3.05, 3.63) is 59.4 Å². The number of aliphatic hydroxyl groups is 1. The van der Waals surface area contributed by atoms with Crippen molar-refractivity contribution >= 4 is 11.6 Å². The number of phenolic OH excluding ortho intramolecular Hbond substituents is 1. The first-order valence-corrected chi connectivity index (χ1v) is 7.55. The number of carbonyl (C=O) groups excluding carboxylic acids is 1. The first-order chi connectivity index (χ1) is 12.1. The predicted octanol–water partition coefficient (Wildman–Crippen LogP) is 2.60. The second-order valence-electron chi connectivity index (χ2n) is 5.86. The van der Waals surface area contributed by atoms with Gasteiger partial charge in [0.1, 0.15) is 5.75 Å². The molecule has 0 saturated carbocycles. The van der Waals surface area contributed by atoms with Gasteiger partial charge < -0.3 is 10.2 Å². The lowest BCUT2D eigenvalue weighted by Gasteiger charge is -2.32. The molecule has 1 atom stereocenters. The van der Waals surface area contributed by atoms with Gasteiger partial charge in [0.2, 0.25) is 0 Å². The Morgan fingerprint density at radius 3 is 2.50 bits per heavy atom. The monoisotopic (exact) mass is 365 g/mol. The summed E-state index contributed by atoms with van der Waals surface area (Å²) in [5.41, 5.74) is -3.41. The van der Waals surface area contributed by atoms with E-state index in [0.29, 0.717) is 11.1 Å². The molecule has 0 spiro atoms. The van der Waals surface area contributed by atoms with Crippen molar-refractivity contribution in [2.45, 2.75) is 25.2 Å². The number of hydrogen-bond acceptors (Lipinski definition) is 5. The Balaban J connectivity index is 2.09. The number of aromatic nitrogens is 1. The topological polar surface area (TPSA) is 86.0 Å². The van der Waals surface area contributed by atoms with Gasteiger partial charge >= 0.3 is 6.18 Å². The van der Waals surface area contributed by atoms with E-state index in [2.05, 4.69) is 10.1 Å². The fourth-order valence-corrected chi connectivity index (χ4v) is 2.63. The number of carbonyl (C=O) groups is 1. The Bertz CT molecular complexity index is 884. The van der Waals surface area contributed by atoms with Gasteiger partial charge in [0.05, 0.1) is 17.7 Å². The van der Waals surface area contributed by atoms with Crippen LogP contribution in [0, 0.1) is 6.92 Å². The van der Waals surface area contributed by atoms with E-state index in [9.17, 15) is 28.2 Å². The van der Waals surface area contributed by atoms with Crippen LogP contribution in [0.25, 0.3) is 0 Å². The lowest BCUT2D eigenvalue weighted by molar-refractivity contribution is -0.297. The van der Waals surface area contributed by atoms with Gasteiger partial charge in [-0.2, -0.15) is 23.3 Å². The number of aromatic hydroxyl groups is 1. The van der Waals surface area contributed by atoms with E-state index in [-0.39, 0.29) is 16.3 Å². The van der Waals surface area contributed by atoms with E-state index in [1.807, 2.05) is 0 Å². The van der Waals surface area contributed by atoms with Crippen molar-refractivity contribution < 1.29 is 28.2 Å². The Hall–Kier alpha value is -2.94. The number of hydrogen-bond donors (Lipinski definition) is 2. The normalized spacial score (nSPS) is 20.2. The molecule has 2 heterocycles. The number of phenols is 1. The third-order valence-corrected chi connectivity index (χ3v) is 4.11. The SMILES string of the molecule is Cc1cccc(C(=O)N2N=C(c3ccncc3)C[C@]2(O)C(F)(F)F)c1O. The van der Waals surface area contributed by atoms with E-state index in [4.69, 9.17) is 0 Å². The van der Waals surface area contributed by atoms with Crippen molar-refractivity contribution in [2.75, 3.05) is 0 Å². The predicted molar refractivity (Wildman–Crippen MR) is 85.4 cm³/mol. The van der Waals surface area contributed by atoms with E-state index in [1.165, 1.54) is 49.6 Å². The lowest BCUT2D eigenvalue weighted by atomic mass is 10.0. The van der Waals surface area contributed by atoms with Gasteiger partial charge in [0, 0.05) is 18.0 Å². The standard InChI is InChI=1S/C17H14F3N3O3/c1-10-3-2-4-12(14(10)24)15(25)23-16(26,17(18,19)20)9-13(22-23)11-5-7-21-8-6-11/h2-8,24,26H,9H2,1H3/t16-/m0/s1. The molecule has 0 unspecified atom stereocenters. The molecule has 2 N–H and O–H groups in total. The maximum Gasteiger partial charge on any atom is 0.438 e. The molecule has 1 amide bonds. The fourth-order valence-electron chi connectivity index (χ4n) is 2.63. The largest absolute Gasteiger partial charge is 0.507 e. The lowest BCUT2D eigenvalue weighted by Crippen LogP contribution is -2.56. The number of halogens is 3. The summed E-state index contributed by atoms with van der Waals surface area (Å²) >= 11 is 0. The molecular weight excluding hydrogens is 351 g/mol. The number of nitrogens with zero attached hydrogens (tertiary/aromatic N) is 3. The van der Waals surface area contributed by atoms with E-state index < -0.39 is 30.0 Å². The summed E-state index contributed by atoms with van der Waals surface area (Å²) < 4.78 is 40.6. The molecule has 9 heteroatoms. The van der Waals surface area contributed by atoms with E-state index in [0.717, 1.165) is 0 Å². The van der Waals surface area contributed by atoms with Crippen molar-refractivity contribution in [1.82, 2.24) is 9.99 Å². The summed E-state index contributed by atoms with van der Waals surface area (Å²) in [5, 5.41) is 24.0. The average Bonchev–Trinajstić information content (AvgIpc) is 2.96. The third kappa shape index (κ3) is 2.80. The molecule has 0 fully saturated rings. The van der Waals surface area contributed by atoms with Crippen LogP contribution in [-0.4, -0.2) is 43.7 Å². The summed E-state index contributed by atoms with van der Waals surface area (Å²) in [4.78, 5) is 16.4. The minimum absolute atomic E-state index is 0.0166. The Morgan fingerprint density at radius 2 is 1.88 bits per heavy atom. The zero-order valence-corrected chi connectivity index (χ0v) is 13.5. The van der Waals surface area contributed by atoms with Gasteiger partial charge in [-0.3, -0.25) is 9.78 Å². The van der Waals surface area contributed by atoms with Crippen LogP contribution in [0.2, 0.25) is 0 Å². The number of amides is 1. The average molecular weight is 365 g/mol. The number of hydrazone groups is 1. The number of para-hydroxylation sites is 1. The van der Waals surface area contributed by atoms with Crippen LogP contribution >= 0.6 is 0 Å². The van der Waals surface area contributed by atoms with Gasteiger partial charge in [0.25, 0.3) is 11.6 Å². The number of rotatable bonds is 2. The Kier molecular flexibility index (Phi) is 4.19. The third-order valence-electron chi connectivity index (χ3n) is 4.11. The van der Waals surface area contributed by atoms with Gasteiger partial charge in [-0.1, -0.05) is 12.1 Å². The molecular formula is C17H14F3N3O3. The Labute approximate surface area is 146 Å². The molecule has 0 saturated heterocycles. The van der Waals surface area contributed by atoms with Crippen LogP contribution in [0.15, 0.2) is 47.8 Å². The molecule has 1 aromatic heterocycles. The first-order valence-electron chi connectivity index (χ1n) is 7.55. The van der Waals surface area contributed by atoms with Crippen LogP contribution in [0.1, 0.15) is 27.9 Å². The van der Waals surface area contributed by atoms with E-state index in [1.54, 1.807) is 0 Å². The zero-order valence-electron chi connectivity index (χ0n) is 13.5. The molecule has 3 rings (SSSR count). The molecule has 136 valence electrons. The highest BCUT2D eigenvalue weighted by Gasteiger charge is 2.63. The molecule has 0 bridgehead atoms. The first kappa shape index (κ1) is 17.9. The summed E-state index contributed by atoms with van der Waals surface area (Å²) in [5.74, 6) is -1.72.